The fraction of sp³-hybridized carbons (Fsp3) is 0.250. The van der Waals surface area contributed by atoms with Crippen LogP contribution in [0.5, 0.6) is 0 Å². The van der Waals surface area contributed by atoms with Gasteiger partial charge >= 0.3 is 17.1 Å². The van der Waals surface area contributed by atoms with E-state index in [0.29, 0.717) is 0 Å². The first-order valence-electron chi connectivity index (χ1n) is 1.89. The summed E-state index contributed by atoms with van der Waals surface area (Å²) < 4.78 is 0. The second-order valence-electron chi connectivity index (χ2n) is 0.955. The van der Waals surface area contributed by atoms with Crippen LogP contribution in [0.3, 0.4) is 0 Å². The molecule has 11 heavy (non-hydrogen) atoms. The monoisotopic (exact) mass is 284 g/mol. The summed E-state index contributed by atoms with van der Waals surface area (Å²) in [6, 6.07) is 0. The van der Waals surface area contributed by atoms with Crippen molar-refractivity contribution in [1.29, 1.82) is 5.41 Å². The predicted molar refractivity (Wildman–Crippen MR) is 24.5 cm³/mol. The molecule has 0 amide bonds. The molecule has 0 heterocycles. The van der Waals surface area contributed by atoms with E-state index in [9.17, 15) is 0 Å². The van der Waals surface area contributed by atoms with Crippen molar-refractivity contribution < 1.29 is 63.1 Å². The molecule has 0 saturated carbocycles. The third kappa shape index (κ3) is 159. The van der Waals surface area contributed by atoms with Crippen molar-refractivity contribution in [1.82, 2.24) is 0 Å². The maximum atomic E-state index is 9.01. The van der Waals surface area contributed by atoms with Crippen molar-refractivity contribution in [2.24, 2.45) is 0 Å². The molecule has 0 aromatic rings. The molecule has 0 saturated heterocycles. The fourth-order valence-electron chi connectivity index (χ4n) is 0. The van der Waals surface area contributed by atoms with E-state index in [1.165, 1.54) is 0 Å². The molecular formula is C4H5CuNO4Zr. The largest absolute Gasteiger partial charge is 2.00 e. The van der Waals surface area contributed by atoms with Crippen molar-refractivity contribution in [2.75, 3.05) is 0 Å². The minimum atomic E-state index is -1.45. The number of carbonyl (C=O) groups is 2. The minimum Gasteiger partial charge on any atom is -0.550 e. The molecule has 0 aromatic heterocycles. The number of hydrogen-bond acceptors (Lipinski definition) is 5. The summed E-state index contributed by atoms with van der Waals surface area (Å²) in [6.45, 7) is 0.972. The van der Waals surface area contributed by atoms with Crippen LogP contribution in [0, 0.1) is 5.41 Å². The first-order chi connectivity index (χ1) is 4.00. The van der Waals surface area contributed by atoms with Gasteiger partial charge in [0.2, 0.25) is 0 Å². The van der Waals surface area contributed by atoms with Gasteiger partial charge in [-0.25, -0.2) is 0 Å². The fourth-order valence-corrected chi connectivity index (χ4v) is 0. The molecule has 1 N–H and O–H groups in total. The van der Waals surface area contributed by atoms with Gasteiger partial charge in [0.1, 0.15) is 0 Å². The van der Waals surface area contributed by atoms with E-state index in [1.807, 2.05) is 0 Å². The third-order valence-electron chi connectivity index (χ3n) is 0.118. The van der Waals surface area contributed by atoms with Crippen LogP contribution in [-0.2, 0) is 52.9 Å². The maximum Gasteiger partial charge on any atom is 2.00 e. The van der Waals surface area contributed by atoms with Crippen LogP contribution in [0.1, 0.15) is 6.92 Å². The van der Waals surface area contributed by atoms with E-state index in [2.05, 4.69) is 0 Å². The zero-order chi connectivity index (χ0) is 7.86. The Morgan fingerprint density at radius 2 is 1.45 bits per heavy atom. The molecule has 65 valence electrons. The number of carboxylic acids is 2. The molecule has 1 radical (unpaired) electrons. The Labute approximate surface area is 93.3 Å². The topological polar surface area (TPSA) is 104 Å². The van der Waals surface area contributed by atoms with Gasteiger partial charge < -0.3 is 25.2 Å². The van der Waals surface area contributed by atoms with Crippen molar-refractivity contribution in [3.63, 3.8) is 0 Å². The molecule has 0 aliphatic heterocycles. The minimum absolute atomic E-state index is 0. The van der Waals surface area contributed by atoms with Crippen LogP contribution in [0.4, 0.5) is 0 Å². The molecule has 0 bridgehead atoms. The zero-order valence-electron chi connectivity index (χ0n) is 5.51. The van der Waals surface area contributed by atoms with Crippen LogP contribution in [-0.4, -0.2) is 18.2 Å². The quantitative estimate of drug-likeness (QED) is 0.413. The Hall–Kier alpha value is 0.0126. The van der Waals surface area contributed by atoms with Gasteiger partial charge in [0.15, 0.2) is 0 Å². The van der Waals surface area contributed by atoms with E-state index >= 15 is 0 Å². The summed E-state index contributed by atoms with van der Waals surface area (Å²) in [5.74, 6) is -2.54. The molecule has 7 heteroatoms. The summed E-state index contributed by atoms with van der Waals surface area (Å²) in [6.07, 6.45) is 0.222. The van der Waals surface area contributed by atoms with E-state index in [4.69, 9.17) is 25.2 Å². The molecule has 0 fully saturated rings. The van der Waals surface area contributed by atoms with Gasteiger partial charge in [-0.1, -0.05) is 0 Å². The average molecular weight is 286 g/mol. The van der Waals surface area contributed by atoms with Crippen LogP contribution >= 0.6 is 0 Å². The molecule has 0 unspecified atom stereocenters. The second-order valence-corrected chi connectivity index (χ2v) is 0.955. The van der Waals surface area contributed by atoms with E-state index < -0.39 is 11.9 Å². The Kier molecular flexibility index (Phi) is 33.8. The van der Waals surface area contributed by atoms with Crippen LogP contribution in [0.2, 0.25) is 0 Å². The summed E-state index contributed by atoms with van der Waals surface area (Å²) in [5, 5.41) is 23.8. The van der Waals surface area contributed by atoms with Crippen LogP contribution < -0.4 is 10.2 Å². The SMILES string of the molecule is CC(=O)[O-].N=CC(=O)[O-].[Cu+2].[Zr]. The van der Waals surface area contributed by atoms with Crippen molar-refractivity contribution in [2.45, 2.75) is 6.92 Å². The molecule has 0 aromatic carbocycles. The number of hydrogen-bond donors (Lipinski definition) is 1. The molecule has 0 rings (SSSR count). The number of carboxylic acid groups (broad SMARTS) is 2. The van der Waals surface area contributed by atoms with Gasteiger partial charge in [0.25, 0.3) is 0 Å². The first kappa shape index (κ1) is 22.5. The van der Waals surface area contributed by atoms with Crippen molar-refractivity contribution in [3.05, 3.63) is 0 Å². The normalized spacial score (nSPS) is 5.18. The molecule has 0 atom stereocenters. The van der Waals surface area contributed by atoms with Crippen molar-refractivity contribution >= 4 is 18.2 Å². The molecule has 0 aliphatic carbocycles. The van der Waals surface area contributed by atoms with Crippen LogP contribution in [0.25, 0.3) is 0 Å². The zero-order valence-corrected chi connectivity index (χ0v) is 8.91. The summed E-state index contributed by atoms with van der Waals surface area (Å²) >= 11 is 0. The molecule has 0 aliphatic rings. The standard InChI is InChI=1S/C2H3NO2.C2H4O2.Cu.Zr/c3-1-2(4)5;1-2(3)4;;/h1,3H,(H,4,5);1H3,(H,3,4);;/q;;+2;/p-2. The van der Waals surface area contributed by atoms with Gasteiger partial charge in [-0.2, -0.15) is 0 Å². The van der Waals surface area contributed by atoms with E-state index in [-0.39, 0.29) is 49.5 Å². The third-order valence-corrected chi connectivity index (χ3v) is 0.118. The molecule has 0 spiro atoms. The van der Waals surface area contributed by atoms with E-state index in [0.717, 1.165) is 6.92 Å². The smallest absolute Gasteiger partial charge is 0.550 e. The summed E-state index contributed by atoms with van der Waals surface area (Å²) in [7, 11) is 0. The van der Waals surface area contributed by atoms with Gasteiger partial charge in [0.05, 0.1) is 5.97 Å². The van der Waals surface area contributed by atoms with Crippen molar-refractivity contribution in [3.8, 4) is 0 Å². The van der Waals surface area contributed by atoms with E-state index in [1.54, 1.807) is 0 Å². The van der Waals surface area contributed by atoms with Gasteiger partial charge in [-0.15, -0.1) is 0 Å². The Morgan fingerprint density at radius 3 is 1.45 bits per heavy atom. The molecule has 5 nitrogen and oxygen atoms in total. The average Bonchev–Trinajstić information content (AvgIpc) is 1.65. The van der Waals surface area contributed by atoms with Gasteiger partial charge in [0, 0.05) is 38.4 Å². The second kappa shape index (κ2) is 16.5. The predicted octanol–water partition coefficient (Wildman–Crippen LogP) is -2.86. The number of nitrogens with one attached hydrogen (secondary N) is 1. The number of rotatable bonds is 1. The number of aliphatic carboxylic acids is 2. The first-order valence-corrected chi connectivity index (χ1v) is 1.89. The Morgan fingerprint density at radius 1 is 1.36 bits per heavy atom. The Bertz CT molecular complexity index is 125. The summed E-state index contributed by atoms with van der Waals surface area (Å²) in [4.78, 5) is 17.9. The summed E-state index contributed by atoms with van der Waals surface area (Å²) in [5.41, 5.74) is 0. The van der Waals surface area contributed by atoms with Gasteiger partial charge in [-0.05, 0) is 6.92 Å². The number of carbonyl (C=O) groups excluding carboxylic acids is 2. The molecular weight excluding hydrogens is 281 g/mol. The Balaban J connectivity index is -0.0000000383. The maximum absolute atomic E-state index is 9.01. The van der Waals surface area contributed by atoms with Gasteiger partial charge in [-0.3, -0.25) is 0 Å². The van der Waals surface area contributed by atoms with Crippen LogP contribution in [0.15, 0.2) is 0 Å².